The smallest absolute Gasteiger partial charge is 0.219 e. The number of hydrogen-bond acceptors (Lipinski definition) is 7. The Morgan fingerprint density at radius 3 is 2.95 bits per heavy atom. The van der Waals surface area contributed by atoms with Crippen LogP contribution in [0.2, 0.25) is 0 Å². The fraction of sp³-hybridized carbons (Fsp3) is 0.231. The number of oxime groups is 1. The Kier molecular flexibility index (Phi) is 6.53. The zero-order valence-electron chi connectivity index (χ0n) is 11.3. The summed E-state index contributed by atoms with van der Waals surface area (Å²) >= 11 is 7.81. The lowest BCUT2D eigenvalue weighted by Gasteiger charge is -2.07. The lowest BCUT2D eigenvalue weighted by molar-refractivity contribution is 0.402. The molecule has 0 aliphatic carbocycles. The summed E-state index contributed by atoms with van der Waals surface area (Å²) in [6, 6.07) is 7.81. The van der Waals surface area contributed by atoms with Crippen LogP contribution < -0.4 is 0 Å². The third-order valence-corrected chi connectivity index (χ3v) is 6.11. The molecular formula is C13H13BrN2O2S3. The zero-order chi connectivity index (χ0) is 15.2. The Labute approximate surface area is 144 Å². The van der Waals surface area contributed by atoms with E-state index in [1.807, 2.05) is 36.6 Å². The molecule has 1 aromatic rings. The summed E-state index contributed by atoms with van der Waals surface area (Å²) in [6.45, 7) is 0. The number of benzene rings is 1. The van der Waals surface area contributed by atoms with Crippen molar-refractivity contribution in [2.24, 2.45) is 5.16 Å². The van der Waals surface area contributed by atoms with Gasteiger partial charge < -0.3 is 9.02 Å². The number of ether oxygens (including phenoxy) is 1. The van der Waals surface area contributed by atoms with E-state index in [9.17, 15) is 0 Å². The Morgan fingerprint density at radius 2 is 2.29 bits per heavy atom. The Hall–Kier alpha value is -0.570. The second-order valence-electron chi connectivity index (χ2n) is 3.86. The van der Waals surface area contributed by atoms with Crippen molar-refractivity contribution in [3.05, 3.63) is 39.7 Å². The van der Waals surface area contributed by atoms with Crippen LogP contribution >= 0.6 is 51.5 Å². The molecule has 112 valence electrons. The van der Waals surface area contributed by atoms with Crippen LogP contribution in [0.5, 0.6) is 0 Å². The lowest BCUT2D eigenvalue weighted by Crippen LogP contribution is -2.05. The molecule has 1 aliphatic rings. The molecule has 1 heterocycles. The number of rotatable bonds is 5. The fourth-order valence-corrected chi connectivity index (χ4v) is 4.45. The fourth-order valence-electron chi connectivity index (χ4n) is 1.49. The van der Waals surface area contributed by atoms with E-state index >= 15 is 0 Å². The molecule has 0 fully saturated rings. The molecular weight excluding hydrogens is 392 g/mol. The van der Waals surface area contributed by atoms with Gasteiger partial charge in [-0.3, -0.25) is 5.41 Å². The zero-order valence-corrected chi connectivity index (χ0v) is 15.4. The third-order valence-electron chi connectivity index (χ3n) is 2.47. The molecule has 2 rings (SSSR count). The highest BCUT2D eigenvalue weighted by Gasteiger charge is 2.27. The summed E-state index contributed by atoms with van der Waals surface area (Å²) in [5.74, 6) is 0.156. The molecule has 0 bridgehead atoms. The van der Waals surface area contributed by atoms with Gasteiger partial charge in [0.25, 0.3) is 0 Å². The van der Waals surface area contributed by atoms with E-state index in [2.05, 4.69) is 21.1 Å². The number of hydrogen-bond donors (Lipinski definition) is 1. The van der Waals surface area contributed by atoms with E-state index in [0.29, 0.717) is 0 Å². The average molecular weight is 405 g/mol. The maximum Gasteiger partial charge on any atom is 0.219 e. The van der Waals surface area contributed by atoms with E-state index in [4.69, 9.17) is 14.4 Å². The van der Waals surface area contributed by atoms with Gasteiger partial charge in [-0.05, 0) is 30.5 Å². The molecule has 0 spiro atoms. The number of methoxy groups -OCH3 is 1. The first-order valence-corrected chi connectivity index (χ1v) is 9.55. The topological polar surface area (TPSA) is 54.7 Å². The predicted molar refractivity (Wildman–Crippen MR) is 96.2 cm³/mol. The minimum atomic E-state index is 0.124. The number of halogens is 1. The molecule has 21 heavy (non-hydrogen) atoms. The molecule has 1 unspecified atom stereocenters. The number of nitrogens with zero attached hydrogens (tertiary/aromatic N) is 1. The summed E-state index contributed by atoms with van der Waals surface area (Å²) in [7, 11) is 1.49. The predicted octanol–water partition coefficient (Wildman–Crippen LogP) is 4.77. The van der Waals surface area contributed by atoms with E-state index < -0.39 is 0 Å². The van der Waals surface area contributed by atoms with Gasteiger partial charge >= 0.3 is 0 Å². The van der Waals surface area contributed by atoms with Crippen molar-refractivity contribution in [2.45, 2.75) is 9.48 Å². The number of allylic oxidation sites excluding steroid dienone is 1. The number of nitrogens with one attached hydrogen (secondary N) is 1. The van der Waals surface area contributed by atoms with Crippen molar-refractivity contribution in [3.63, 3.8) is 0 Å². The maximum absolute atomic E-state index is 7.70. The van der Waals surface area contributed by atoms with E-state index in [1.165, 1.54) is 19.2 Å². The van der Waals surface area contributed by atoms with Crippen molar-refractivity contribution in [1.29, 1.82) is 5.41 Å². The van der Waals surface area contributed by atoms with Crippen molar-refractivity contribution >= 4 is 63.1 Å². The van der Waals surface area contributed by atoms with E-state index in [1.54, 1.807) is 23.5 Å². The summed E-state index contributed by atoms with van der Waals surface area (Å²) in [5.41, 5.74) is 0.798. The average Bonchev–Trinajstić information content (AvgIpc) is 2.90. The minimum absolute atomic E-state index is 0.124. The van der Waals surface area contributed by atoms with Crippen molar-refractivity contribution in [3.8, 4) is 0 Å². The molecule has 0 saturated carbocycles. The Morgan fingerprint density at radius 1 is 1.48 bits per heavy atom. The molecule has 1 N–H and O–H groups in total. The van der Waals surface area contributed by atoms with Gasteiger partial charge in [0.1, 0.15) is 22.3 Å². The molecule has 1 aromatic carbocycles. The van der Waals surface area contributed by atoms with Crippen LogP contribution in [0, 0.1) is 5.41 Å². The first-order chi connectivity index (χ1) is 10.1. The molecule has 0 saturated heterocycles. The Bertz CT molecular complexity index is 593. The highest BCUT2D eigenvalue weighted by atomic mass is 79.9. The van der Waals surface area contributed by atoms with Crippen LogP contribution in [-0.2, 0) is 9.02 Å². The molecule has 0 amide bonds. The monoisotopic (exact) mass is 404 g/mol. The second-order valence-corrected chi connectivity index (χ2v) is 7.95. The Balaban J connectivity index is 2.01. The molecule has 1 aliphatic heterocycles. The first kappa shape index (κ1) is 16.8. The highest BCUT2D eigenvalue weighted by molar-refractivity contribution is 9.10. The number of thioether (sulfide) groups is 2. The van der Waals surface area contributed by atoms with Crippen LogP contribution in [-0.4, -0.2) is 29.6 Å². The first-order valence-electron chi connectivity index (χ1n) is 5.85. The summed E-state index contributed by atoms with van der Waals surface area (Å²) in [5, 5.41) is 11.9. The van der Waals surface area contributed by atoms with Crippen LogP contribution in [0.1, 0.15) is 0 Å². The SMILES string of the molecule is COC(=N)C1=CC(=NOSc2cccc(Br)c2)C(SC)S1. The molecule has 4 nitrogen and oxygen atoms in total. The third kappa shape index (κ3) is 4.70. The van der Waals surface area contributed by atoms with Crippen LogP contribution in [0.15, 0.2) is 49.8 Å². The van der Waals surface area contributed by atoms with Gasteiger partial charge in [-0.2, -0.15) is 0 Å². The lowest BCUT2D eigenvalue weighted by atomic mass is 10.3. The van der Waals surface area contributed by atoms with Gasteiger partial charge in [0, 0.05) is 4.47 Å². The second kappa shape index (κ2) is 8.17. The van der Waals surface area contributed by atoms with Gasteiger partial charge in [-0.25, -0.2) is 0 Å². The molecule has 0 aromatic heterocycles. The van der Waals surface area contributed by atoms with Crippen molar-refractivity contribution in [1.82, 2.24) is 0 Å². The van der Waals surface area contributed by atoms with Gasteiger partial charge in [-0.15, -0.1) is 11.8 Å². The minimum Gasteiger partial charge on any atom is -0.481 e. The molecule has 0 radical (unpaired) electrons. The van der Waals surface area contributed by atoms with E-state index in [-0.39, 0.29) is 10.5 Å². The summed E-state index contributed by atoms with van der Waals surface area (Å²) in [4.78, 5) is 1.74. The standard InChI is InChI=1S/C13H13BrN2O2S3/c1-17-12(15)11-7-10(13(19-2)20-11)16-18-21-9-5-3-4-8(14)6-9/h3-7,13,15H,1-2H3. The van der Waals surface area contributed by atoms with Crippen molar-refractivity contribution in [2.75, 3.05) is 13.4 Å². The summed E-state index contributed by atoms with van der Waals surface area (Å²) in [6.07, 6.45) is 3.83. The molecule has 8 heteroatoms. The summed E-state index contributed by atoms with van der Waals surface area (Å²) < 4.78 is 11.4. The van der Waals surface area contributed by atoms with Crippen LogP contribution in [0.3, 0.4) is 0 Å². The largest absolute Gasteiger partial charge is 0.481 e. The van der Waals surface area contributed by atoms with E-state index in [0.717, 1.165) is 20.0 Å². The van der Waals surface area contributed by atoms with Gasteiger partial charge in [0.15, 0.2) is 0 Å². The normalized spacial score (nSPS) is 19.5. The van der Waals surface area contributed by atoms with Gasteiger partial charge in [-0.1, -0.05) is 38.9 Å². The molecule has 1 atom stereocenters. The van der Waals surface area contributed by atoms with Crippen LogP contribution in [0.4, 0.5) is 0 Å². The quantitative estimate of drug-likeness (QED) is 0.331. The maximum atomic E-state index is 7.70. The van der Waals surface area contributed by atoms with Crippen molar-refractivity contribution < 1.29 is 9.02 Å². The van der Waals surface area contributed by atoms with Gasteiger partial charge in [0.2, 0.25) is 5.90 Å². The van der Waals surface area contributed by atoms with Gasteiger partial charge in [0.05, 0.1) is 16.9 Å². The van der Waals surface area contributed by atoms with Crippen LogP contribution in [0.25, 0.3) is 0 Å². The highest BCUT2D eigenvalue weighted by Crippen LogP contribution is 2.37.